The Labute approximate surface area is 132 Å². The molecule has 0 saturated carbocycles. The molecule has 1 fully saturated rings. The van der Waals surface area contributed by atoms with E-state index in [1.54, 1.807) is 30.3 Å². The molecule has 0 aliphatic carbocycles. The molecule has 0 atom stereocenters. The minimum atomic E-state index is -0.330. The fourth-order valence-electron chi connectivity index (χ4n) is 2.19. The van der Waals surface area contributed by atoms with E-state index in [-0.39, 0.29) is 11.1 Å². The number of imide groups is 1. The summed E-state index contributed by atoms with van der Waals surface area (Å²) in [5.41, 5.74) is 1.34. The zero-order valence-electron chi connectivity index (χ0n) is 11.9. The Balaban J connectivity index is 1.97. The third-order valence-corrected chi connectivity index (χ3v) is 4.09. The van der Waals surface area contributed by atoms with Gasteiger partial charge in [0.25, 0.3) is 11.1 Å². The van der Waals surface area contributed by atoms with Crippen LogP contribution in [0.2, 0.25) is 0 Å². The number of methoxy groups -OCH3 is 1. The summed E-state index contributed by atoms with van der Waals surface area (Å²) in [7, 11) is 1.51. The number of carbonyl (C=O) groups excluding carboxylic acids is 2. The SMILES string of the molecule is COc1ccccc1N1C(=O)SC(=Cc2ccccc2)C1=O. The quantitative estimate of drug-likeness (QED) is 0.806. The van der Waals surface area contributed by atoms with Gasteiger partial charge in [0.2, 0.25) is 0 Å². The minimum absolute atomic E-state index is 0.323. The van der Waals surface area contributed by atoms with Crippen molar-refractivity contribution in [2.24, 2.45) is 0 Å². The van der Waals surface area contributed by atoms with Crippen molar-refractivity contribution in [3.05, 3.63) is 65.1 Å². The summed E-state index contributed by atoms with van der Waals surface area (Å²) in [4.78, 5) is 26.3. The maximum atomic E-state index is 12.5. The van der Waals surface area contributed by atoms with Crippen molar-refractivity contribution in [1.82, 2.24) is 0 Å². The summed E-state index contributed by atoms with van der Waals surface area (Å²) in [5.74, 6) is 0.161. The van der Waals surface area contributed by atoms with E-state index in [4.69, 9.17) is 4.74 Å². The summed E-state index contributed by atoms with van der Waals surface area (Å²) in [6.45, 7) is 0. The Morgan fingerprint density at radius 3 is 2.41 bits per heavy atom. The molecule has 0 radical (unpaired) electrons. The van der Waals surface area contributed by atoms with Gasteiger partial charge in [0.15, 0.2) is 0 Å². The first-order valence-electron chi connectivity index (χ1n) is 6.67. The summed E-state index contributed by atoms with van der Waals surface area (Å²) in [6, 6.07) is 16.4. The Morgan fingerprint density at radius 1 is 1.00 bits per heavy atom. The van der Waals surface area contributed by atoms with E-state index in [2.05, 4.69) is 0 Å². The summed E-state index contributed by atoms with van der Waals surface area (Å²) in [5, 5.41) is -0.323. The largest absolute Gasteiger partial charge is 0.495 e. The molecule has 0 unspecified atom stereocenters. The van der Waals surface area contributed by atoms with Crippen LogP contribution in [-0.2, 0) is 4.79 Å². The standard InChI is InChI=1S/C17H13NO3S/c1-21-14-10-6-5-9-13(14)18-16(19)15(22-17(18)20)11-12-7-3-2-4-8-12/h2-11H,1H3. The Bertz CT molecular complexity index is 756. The molecule has 1 aliphatic rings. The van der Waals surface area contributed by atoms with Crippen molar-refractivity contribution < 1.29 is 14.3 Å². The number of nitrogens with zero attached hydrogens (tertiary/aromatic N) is 1. The van der Waals surface area contributed by atoms with E-state index >= 15 is 0 Å². The van der Waals surface area contributed by atoms with Gasteiger partial charge in [0.05, 0.1) is 17.7 Å². The second kappa shape index (κ2) is 6.07. The number of benzene rings is 2. The predicted octanol–water partition coefficient (Wildman–Crippen LogP) is 3.94. The number of anilines is 1. The summed E-state index contributed by atoms with van der Waals surface area (Å²) in [6.07, 6.45) is 1.72. The van der Waals surface area contributed by atoms with Crippen LogP contribution < -0.4 is 9.64 Å². The topological polar surface area (TPSA) is 46.6 Å². The van der Waals surface area contributed by atoms with Crippen LogP contribution in [-0.4, -0.2) is 18.3 Å². The van der Waals surface area contributed by atoms with Crippen molar-refractivity contribution in [2.75, 3.05) is 12.0 Å². The lowest BCUT2D eigenvalue weighted by molar-refractivity contribution is -0.113. The Kier molecular flexibility index (Phi) is 3.98. The molecule has 3 rings (SSSR count). The highest BCUT2D eigenvalue weighted by molar-refractivity contribution is 8.19. The van der Waals surface area contributed by atoms with Crippen molar-refractivity contribution in [2.45, 2.75) is 0 Å². The van der Waals surface area contributed by atoms with Crippen molar-refractivity contribution in [1.29, 1.82) is 0 Å². The fraction of sp³-hybridized carbons (Fsp3) is 0.0588. The molecule has 22 heavy (non-hydrogen) atoms. The predicted molar refractivity (Wildman–Crippen MR) is 87.9 cm³/mol. The van der Waals surface area contributed by atoms with E-state index < -0.39 is 0 Å². The zero-order valence-corrected chi connectivity index (χ0v) is 12.7. The highest BCUT2D eigenvalue weighted by atomic mass is 32.2. The summed E-state index contributed by atoms with van der Waals surface area (Å²) < 4.78 is 5.23. The highest BCUT2D eigenvalue weighted by Gasteiger charge is 2.37. The molecule has 5 heteroatoms. The molecule has 1 saturated heterocycles. The average Bonchev–Trinajstić information content (AvgIpc) is 2.82. The Hall–Kier alpha value is -2.53. The second-order valence-corrected chi connectivity index (χ2v) is 5.59. The number of carbonyl (C=O) groups is 2. The van der Waals surface area contributed by atoms with Crippen molar-refractivity contribution in [3.8, 4) is 5.75 Å². The Morgan fingerprint density at radius 2 is 1.68 bits per heavy atom. The van der Waals surface area contributed by atoms with Crippen LogP contribution in [0.1, 0.15) is 5.56 Å². The summed E-state index contributed by atoms with van der Waals surface area (Å²) >= 11 is 0.934. The first-order valence-corrected chi connectivity index (χ1v) is 7.48. The number of para-hydroxylation sites is 2. The number of hydrogen-bond donors (Lipinski definition) is 0. The van der Waals surface area contributed by atoms with Crippen LogP contribution >= 0.6 is 11.8 Å². The molecule has 1 heterocycles. The van der Waals surface area contributed by atoms with Gasteiger partial charge in [0.1, 0.15) is 5.75 Å². The smallest absolute Gasteiger partial charge is 0.298 e. The van der Waals surface area contributed by atoms with Gasteiger partial charge >= 0.3 is 0 Å². The molecule has 2 amide bonds. The first kappa shape index (κ1) is 14.4. The zero-order chi connectivity index (χ0) is 15.5. The van der Waals surface area contributed by atoms with Gasteiger partial charge in [-0.3, -0.25) is 9.59 Å². The van der Waals surface area contributed by atoms with E-state index in [1.165, 1.54) is 7.11 Å². The first-order chi connectivity index (χ1) is 10.7. The number of hydrogen-bond acceptors (Lipinski definition) is 4. The van der Waals surface area contributed by atoms with E-state index in [1.807, 2.05) is 30.3 Å². The molecule has 2 aromatic rings. The number of ether oxygens (including phenoxy) is 1. The molecular formula is C17H13NO3S. The number of amides is 2. The fourth-order valence-corrected chi connectivity index (χ4v) is 3.02. The van der Waals surface area contributed by atoms with E-state index in [9.17, 15) is 9.59 Å². The van der Waals surface area contributed by atoms with E-state index in [0.717, 1.165) is 22.2 Å². The van der Waals surface area contributed by atoms with Crippen molar-refractivity contribution in [3.63, 3.8) is 0 Å². The maximum Gasteiger partial charge on any atom is 0.298 e. The van der Waals surface area contributed by atoms with Crippen LogP contribution in [0, 0.1) is 0 Å². The minimum Gasteiger partial charge on any atom is -0.495 e. The third kappa shape index (κ3) is 2.63. The molecule has 0 spiro atoms. The van der Waals surface area contributed by atoms with Gasteiger partial charge in [-0.05, 0) is 35.5 Å². The monoisotopic (exact) mass is 311 g/mol. The van der Waals surface area contributed by atoms with Crippen LogP contribution in [0.3, 0.4) is 0 Å². The van der Waals surface area contributed by atoms with Gasteiger partial charge in [-0.15, -0.1) is 0 Å². The van der Waals surface area contributed by atoms with Crippen LogP contribution in [0.15, 0.2) is 59.5 Å². The molecule has 2 aromatic carbocycles. The van der Waals surface area contributed by atoms with Crippen LogP contribution in [0.4, 0.5) is 10.5 Å². The highest BCUT2D eigenvalue weighted by Crippen LogP contribution is 2.39. The molecule has 0 N–H and O–H groups in total. The lowest BCUT2D eigenvalue weighted by atomic mass is 10.2. The average molecular weight is 311 g/mol. The molecule has 4 nitrogen and oxygen atoms in total. The molecule has 110 valence electrons. The lowest BCUT2D eigenvalue weighted by Gasteiger charge is -2.15. The molecule has 0 aromatic heterocycles. The van der Waals surface area contributed by atoms with Crippen LogP contribution in [0.5, 0.6) is 5.75 Å². The van der Waals surface area contributed by atoms with Gasteiger partial charge in [-0.25, -0.2) is 4.90 Å². The molecule has 1 aliphatic heterocycles. The maximum absolute atomic E-state index is 12.5. The number of rotatable bonds is 3. The van der Waals surface area contributed by atoms with Crippen molar-refractivity contribution >= 4 is 34.7 Å². The molecule has 0 bridgehead atoms. The third-order valence-electron chi connectivity index (χ3n) is 3.22. The molecular weight excluding hydrogens is 298 g/mol. The second-order valence-electron chi connectivity index (χ2n) is 4.60. The van der Waals surface area contributed by atoms with Gasteiger partial charge in [0, 0.05) is 0 Å². The van der Waals surface area contributed by atoms with Gasteiger partial charge in [-0.1, -0.05) is 42.5 Å². The van der Waals surface area contributed by atoms with E-state index in [0.29, 0.717) is 16.3 Å². The van der Waals surface area contributed by atoms with Crippen LogP contribution in [0.25, 0.3) is 6.08 Å². The van der Waals surface area contributed by atoms with Gasteiger partial charge < -0.3 is 4.74 Å². The number of thioether (sulfide) groups is 1. The van der Waals surface area contributed by atoms with Gasteiger partial charge in [-0.2, -0.15) is 0 Å². The lowest BCUT2D eigenvalue weighted by Crippen LogP contribution is -2.28. The normalized spacial score (nSPS) is 16.4.